The van der Waals surface area contributed by atoms with Gasteiger partial charge in [-0.2, -0.15) is 0 Å². The van der Waals surface area contributed by atoms with Gasteiger partial charge in [0.15, 0.2) is 0 Å². The number of hydrogen-bond acceptors (Lipinski definition) is 4. The number of nitrogens with one attached hydrogen (secondary N) is 2. The predicted octanol–water partition coefficient (Wildman–Crippen LogP) is 1.63. The molecule has 1 aliphatic carbocycles. The van der Waals surface area contributed by atoms with Crippen molar-refractivity contribution >= 4 is 23.6 Å². The van der Waals surface area contributed by atoms with Crippen LogP contribution in [0.25, 0.3) is 0 Å². The predicted molar refractivity (Wildman–Crippen MR) is 122 cm³/mol. The van der Waals surface area contributed by atoms with Crippen molar-refractivity contribution in [3.8, 4) is 0 Å². The van der Waals surface area contributed by atoms with Crippen molar-refractivity contribution in [3.63, 3.8) is 0 Å². The molecular weight excluding hydrogens is 420 g/mol. The summed E-state index contributed by atoms with van der Waals surface area (Å²) in [6.45, 7) is 2.47. The molecule has 2 N–H and O–H groups in total. The van der Waals surface area contributed by atoms with Crippen LogP contribution < -0.4 is 10.6 Å². The van der Waals surface area contributed by atoms with Crippen molar-refractivity contribution in [2.45, 2.75) is 38.4 Å². The van der Waals surface area contributed by atoms with Crippen LogP contribution in [0.1, 0.15) is 47.3 Å². The summed E-state index contributed by atoms with van der Waals surface area (Å²) in [6.07, 6.45) is 1.76. The van der Waals surface area contributed by atoms with Gasteiger partial charge in [-0.1, -0.05) is 48.5 Å². The molecule has 1 saturated carbocycles. The first kappa shape index (κ1) is 22.5. The summed E-state index contributed by atoms with van der Waals surface area (Å²) in [7, 11) is 0. The van der Waals surface area contributed by atoms with E-state index in [1.54, 1.807) is 34.1 Å². The molecule has 0 spiro atoms. The average Bonchev–Trinajstić information content (AvgIpc) is 3.63. The number of amides is 4. The van der Waals surface area contributed by atoms with Crippen molar-refractivity contribution in [3.05, 3.63) is 71.3 Å². The van der Waals surface area contributed by atoms with Crippen LogP contribution >= 0.6 is 0 Å². The van der Waals surface area contributed by atoms with Gasteiger partial charge in [0.1, 0.15) is 6.04 Å². The minimum Gasteiger partial charge on any atom is -0.345 e. The summed E-state index contributed by atoms with van der Waals surface area (Å²) < 4.78 is 0. The first-order chi connectivity index (χ1) is 16.0. The average molecular weight is 449 g/mol. The second kappa shape index (κ2) is 9.85. The Balaban J connectivity index is 1.29. The zero-order valence-corrected chi connectivity index (χ0v) is 18.6. The van der Waals surface area contributed by atoms with Crippen LogP contribution in [0.2, 0.25) is 0 Å². The molecule has 0 bridgehead atoms. The molecule has 1 atom stereocenters. The number of carbonyl (C=O) groups is 4. The van der Waals surface area contributed by atoms with Crippen LogP contribution in [0, 0.1) is 0 Å². The van der Waals surface area contributed by atoms with E-state index in [2.05, 4.69) is 10.6 Å². The van der Waals surface area contributed by atoms with Gasteiger partial charge in [0.25, 0.3) is 5.91 Å². The highest BCUT2D eigenvalue weighted by molar-refractivity contribution is 6.05. The number of benzene rings is 2. The Morgan fingerprint density at radius 3 is 2.36 bits per heavy atom. The molecule has 0 aromatic heterocycles. The highest BCUT2D eigenvalue weighted by atomic mass is 16.2. The normalized spacial score (nSPS) is 16.8. The number of hydrogen-bond donors (Lipinski definition) is 2. The highest BCUT2D eigenvalue weighted by Gasteiger charge is 2.47. The molecule has 1 heterocycles. The molecule has 1 aliphatic heterocycles. The standard InChI is InChI=1S/C25H28N4O4/c1-2-28(16-17-8-4-3-5-9-17)22(31)15-26-21(30)14-27-24(32)23-19-10-6-7-11-20(19)25(33)29(23)18-12-13-18/h3-11,18,23H,2,12-16H2,1H3,(H,26,30)(H,27,32). The molecule has 8 heteroatoms. The Morgan fingerprint density at radius 1 is 0.970 bits per heavy atom. The molecule has 4 rings (SSSR count). The molecule has 0 radical (unpaired) electrons. The van der Waals surface area contributed by atoms with Crippen LogP contribution in [-0.2, 0) is 20.9 Å². The summed E-state index contributed by atoms with van der Waals surface area (Å²) in [6, 6.07) is 16.1. The lowest BCUT2D eigenvalue weighted by Crippen LogP contribution is -2.46. The first-order valence-electron chi connectivity index (χ1n) is 11.3. The minimum absolute atomic E-state index is 0.0664. The molecule has 33 heavy (non-hydrogen) atoms. The maximum atomic E-state index is 12.9. The third-order valence-corrected chi connectivity index (χ3v) is 6.00. The number of likely N-dealkylation sites (N-methyl/N-ethyl adjacent to an activating group) is 1. The van der Waals surface area contributed by atoms with Gasteiger partial charge in [0.05, 0.1) is 13.1 Å². The van der Waals surface area contributed by atoms with Gasteiger partial charge in [0, 0.05) is 24.7 Å². The molecule has 8 nitrogen and oxygen atoms in total. The van der Waals surface area contributed by atoms with Gasteiger partial charge in [-0.15, -0.1) is 0 Å². The minimum atomic E-state index is -0.725. The van der Waals surface area contributed by atoms with E-state index in [0.717, 1.165) is 18.4 Å². The molecule has 4 amide bonds. The molecule has 2 aliphatic rings. The van der Waals surface area contributed by atoms with Gasteiger partial charge in [-0.05, 0) is 37.0 Å². The quantitative estimate of drug-likeness (QED) is 0.609. The number of nitrogens with zero attached hydrogens (tertiary/aromatic N) is 2. The maximum absolute atomic E-state index is 12.9. The summed E-state index contributed by atoms with van der Waals surface area (Å²) in [4.78, 5) is 53.8. The molecule has 172 valence electrons. The third kappa shape index (κ3) is 5.05. The first-order valence-corrected chi connectivity index (χ1v) is 11.3. The van der Waals surface area contributed by atoms with E-state index in [1.807, 2.05) is 37.3 Å². The van der Waals surface area contributed by atoms with Gasteiger partial charge >= 0.3 is 0 Å². The maximum Gasteiger partial charge on any atom is 0.255 e. The third-order valence-electron chi connectivity index (χ3n) is 6.00. The largest absolute Gasteiger partial charge is 0.345 e. The smallest absolute Gasteiger partial charge is 0.255 e. The number of rotatable bonds is 9. The van der Waals surface area contributed by atoms with E-state index in [4.69, 9.17) is 0 Å². The summed E-state index contributed by atoms with van der Waals surface area (Å²) in [5, 5.41) is 5.21. The van der Waals surface area contributed by atoms with Crippen molar-refractivity contribution in [1.29, 1.82) is 0 Å². The fraction of sp³-hybridized carbons (Fsp3) is 0.360. The molecule has 0 saturated heterocycles. The fourth-order valence-corrected chi connectivity index (χ4v) is 4.13. The molecule has 1 unspecified atom stereocenters. The summed E-state index contributed by atoms with van der Waals surface area (Å²) >= 11 is 0. The summed E-state index contributed by atoms with van der Waals surface area (Å²) in [5.41, 5.74) is 2.22. The second-order valence-electron chi connectivity index (χ2n) is 8.32. The van der Waals surface area contributed by atoms with E-state index < -0.39 is 11.9 Å². The Morgan fingerprint density at radius 2 is 1.67 bits per heavy atom. The van der Waals surface area contributed by atoms with E-state index >= 15 is 0 Å². The van der Waals surface area contributed by atoms with E-state index in [-0.39, 0.29) is 36.9 Å². The number of carbonyl (C=O) groups excluding carboxylic acids is 4. The van der Waals surface area contributed by atoms with E-state index in [9.17, 15) is 19.2 Å². The van der Waals surface area contributed by atoms with Crippen molar-refractivity contribution in [2.24, 2.45) is 0 Å². The highest BCUT2D eigenvalue weighted by Crippen LogP contribution is 2.41. The van der Waals surface area contributed by atoms with Crippen molar-refractivity contribution < 1.29 is 19.2 Å². The Hall–Kier alpha value is -3.68. The van der Waals surface area contributed by atoms with Crippen molar-refractivity contribution in [2.75, 3.05) is 19.6 Å². The van der Waals surface area contributed by atoms with Gasteiger partial charge in [-0.25, -0.2) is 0 Å². The van der Waals surface area contributed by atoms with Gasteiger partial charge in [-0.3, -0.25) is 19.2 Å². The SMILES string of the molecule is CCN(Cc1ccccc1)C(=O)CNC(=O)CNC(=O)C1c2ccccc2C(=O)N1C1CC1. The van der Waals surface area contributed by atoms with Crippen LogP contribution in [-0.4, -0.2) is 59.1 Å². The van der Waals surface area contributed by atoms with E-state index in [1.165, 1.54) is 0 Å². The lowest BCUT2D eigenvalue weighted by molar-refractivity contribution is -0.133. The van der Waals surface area contributed by atoms with Crippen LogP contribution in [0.4, 0.5) is 0 Å². The lowest BCUT2D eigenvalue weighted by Gasteiger charge is -2.24. The van der Waals surface area contributed by atoms with Crippen LogP contribution in [0.5, 0.6) is 0 Å². The molecule has 1 fully saturated rings. The fourth-order valence-electron chi connectivity index (χ4n) is 4.13. The second-order valence-corrected chi connectivity index (χ2v) is 8.32. The zero-order chi connectivity index (χ0) is 23.4. The van der Waals surface area contributed by atoms with E-state index in [0.29, 0.717) is 24.2 Å². The molecule has 2 aromatic rings. The van der Waals surface area contributed by atoms with Crippen molar-refractivity contribution in [1.82, 2.24) is 20.4 Å². The zero-order valence-electron chi connectivity index (χ0n) is 18.6. The van der Waals surface area contributed by atoms with Crippen LogP contribution in [0.15, 0.2) is 54.6 Å². The monoisotopic (exact) mass is 448 g/mol. The summed E-state index contributed by atoms with van der Waals surface area (Å²) in [5.74, 6) is -1.18. The van der Waals surface area contributed by atoms with Gasteiger partial charge < -0.3 is 20.4 Å². The Bertz CT molecular complexity index is 1050. The Kier molecular flexibility index (Phi) is 6.72. The van der Waals surface area contributed by atoms with Gasteiger partial charge in [0.2, 0.25) is 17.7 Å². The lowest BCUT2D eigenvalue weighted by atomic mass is 10.0. The molecule has 2 aromatic carbocycles. The Labute approximate surface area is 192 Å². The number of fused-ring (bicyclic) bond motifs is 1. The molecular formula is C25H28N4O4. The topological polar surface area (TPSA) is 98.8 Å². The van der Waals surface area contributed by atoms with Crippen LogP contribution in [0.3, 0.4) is 0 Å².